The van der Waals surface area contributed by atoms with E-state index in [9.17, 15) is 0 Å². The van der Waals surface area contributed by atoms with Crippen LogP contribution in [0.2, 0.25) is 0 Å². The monoisotopic (exact) mass is 262 g/mol. The third kappa shape index (κ3) is 3.67. The third-order valence-electron chi connectivity index (χ3n) is 3.67. The van der Waals surface area contributed by atoms with Crippen molar-refractivity contribution in [3.63, 3.8) is 0 Å². The van der Waals surface area contributed by atoms with E-state index in [2.05, 4.69) is 54.0 Å². The first-order valence-electron chi connectivity index (χ1n) is 7.20. The Morgan fingerprint density at radius 3 is 2.89 bits per heavy atom. The second kappa shape index (κ2) is 6.35. The zero-order valence-electron chi connectivity index (χ0n) is 12.6. The fraction of sp³-hybridized carbons (Fsp3) is 0.667. The summed E-state index contributed by atoms with van der Waals surface area (Å²) in [6.45, 7) is 10.8. The van der Waals surface area contributed by atoms with E-state index in [-0.39, 0.29) is 0 Å². The van der Waals surface area contributed by atoms with Gasteiger partial charge in [0.05, 0.1) is 0 Å². The Kier molecular flexibility index (Phi) is 4.77. The molecule has 0 bridgehead atoms. The number of rotatable bonds is 4. The summed E-state index contributed by atoms with van der Waals surface area (Å²) in [4.78, 5) is 9.45. The minimum Gasteiger partial charge on any atom is -0.351 e. The molecule has 1 N–H and O–H groups in total. The van der Waals surface area contributed by atoms with Crippen molar-refractivity contribution < 1.29 is 0 Å². The standard InChI is InChI=1S/C15H26N4/c1-12(2)17-10-14-6-5-7-16-15(14)19-9-8-18(4)11-13(19)3/h5-7,12-13,17H,8-11H2,1-4H3. The normalized spacial score (nSPS) is 21.1. The summed E-state index contributed by atoms with van der Waals surface area (Å²) >= 11 is 0. The number of nitrogens with zero attached hydrogens (tertiary/aromatic N) is 3. The van der Waals surface area contributed by atoms with Crippen molar-refractivity contribution in [3.8, 4) is 0 Å². The van der Waals surface area contributed by atoms with Crippen molar-refractivity contribution >= 4 is 5.82 Å². The maximum Gasteiger partial charge on any atom is 0.133 e. The molecule has 0 aromatic carbocycles. The molecule has 1 aliphatic rings. The molecule has 0 radical (unpaired) electrons. The second-order valence-electron chi connectivity index (χ2n) is 5.83. The molecule has 0 saturated carbocycles. The average Bonchev–Trinajstić information content (AvgIpc) is 2.37. The molecular formula is C15H26N4. The molecule has 1 aliphatic heterocycles. The summed E-state index contributed by atoms with van der Waals surface area (Å²) in [7, 11) is 2.19. The van der Waals surface area contributed by atoms with Crippen molar-refractivity contribution in [2.24, 2.45) is 0 Å². The lowest BCUT2D eigenvalue weighted by Crippen LogP contribution is -2.51. The third-order valence-corrected chi connectivity index (χ3v) is 3.67. The van der Waals surface area contributed by atoms with Crippen LogP contribution in [0.1, 0.15) is 26.3 Å². The number of piperazine rings is 1. The lowest BCUT2D eigenvalue weighted by Gasteiger charge is -2.39. The highest BCUT2D eigenvalue weighted by Gasteiger charge is 2.24. The Morgan fingerprint density at radius 1 is 1.42 bits per heavy atom. The highest BCUT2D eigenvalue weighted by Crippen LogP contribution is 2.22. The summed E-state index contributed by atoms with van der Waals surface area (Å²) in [6.07, 6.45) is 1.90. The predicted octanol–water partition coefficient (Wildman–Crippen LogP) is 1.72. The molecule has 4 heteroatoms. The Balaban J connectivity index is 2.14. The Hall–Kier alpha value is -1.13. The highest BCUT2D eigenvalue weighted by molar-refractivity contribution is 5.48. The molecule has 0 amide bonds. The van der Waals surface area contributed by atoms with Crippen LogP contribution in [0, 0.1) is 0 Å². The van der Waals surface area contributed by atoms with Gasteiger partial charge in [0.15, 0.2) is 0 Å². The van der Waals surface area contributed by atoms with Gasteiger partial charge in [-0.1, -0.05) is 19.9 Å². The minimum absolute atomic E-state index is 0.498. The zero-order chi connectivity index (χ0) is 13.8. The van der Waals surface area contributed by atoms with Gasteiger partial charge < -0.3 is 15.1 Å². The van der Waals surface area contributed by atoms with Gasteiger partial charge in [-0.3, -0.25) is 0 Å². The van der Waals surface area contributed by atoms with E-state index >= 15 is 0 Å². The topological polar surface area (TPSA) is 31.4 Å². The van der Waals surface area contributed by atoms with E-state index in [4.69, 9.17) is 0 Å². The van der Waals surface area contributed by atoms with Crippen LogP contribution >= 0.6 is 0 Å². The molecule has 106 valence electrons. The van der Waals surface area contributed by atoms with Crippen LogP contribution in [0.15, 0.2) is 18.3 Å². The first-order chi connectivity index (χ1) is 9.08. The van der Waals surface area contributed by atoms with Crippen LogP contribution in [-0.2, 0) is 6.54 Å². The number of likely N-dealkylation sites (N-methyl/N-ethyl adjacent to an activating group) is 1. The lowest BCUT2D eigenvalue weighted by molar-refractivity contribution is 0.274. The summed E-state index contributed by atoms with van der Waals surface area (Å²) in [5, 5.41) is 3.49. The summed E-state index contributed by atoms with van der Waals surface area (Å²) in [6, 6.07) is 5.23. The fourth-order valence-electron chi connectivity index (χ4n) is 2.60. The van der Waals surface area contributed by atoms with Gasteiger partial charge in [0.2, 0.25) is 0 Å². The Labute approximate surface area is 116 Å². The lowest BCUT2D eigenvalue weighted by atomic mass is 10.1. The fourth-order valence-corrected chi connectivity index (χ4v) is 2.60. The van der Waals surface area contributed by atoms with Gasteiger partial charge >= 0.3 is 0 Å². The van der Waals surface area contributed by atoms with Crippen molar-refractivity contribution in [3.05, 3.63) is 23.9 Å². The number of aromatic nitrogens is 1. The van der Waals surface area contributed by atoms with Crippen LogP contribution in [0.25, 0.3) is 0 Å². The maximum atomic E-state index is 4.62. The molecule has 1 aromatic heterocycles. The molecule has 1 atom stereocenters. The van der Waals surface area contributed by atoms with E-state index in [0.29, 0.717) is 12.1 Å². The zero-order valence-corrected chi connectivity index (χ0v) is 12.6. The van der Waals surface area contributed by atoms with Crippen LogP contribution in [0.4, 0.5) is 5.82 Å². The number of nitrogens with one attached hydrogen (secondary N) is 1. The molecule has 19 heavy (non-hydrogen) atoms. The molecule has 4 nitrogen and oxygen atoms in total. The Morgan fingerprint density at radius 2 is 2.21 bits per heavy atom. The van der Waals surface area contributed by atoms with Gasteiger partial charge in [-0.2, -0.15) is 0 Å². The minimum atomic E-state index is 0.498. The van der Waals surface area contributed by atoms with Crippen molar-refractivity contribution in [2.45, 2.75) is 39.4 Å². The smallest absolute Gasteiger partial charge is 0.133 e. The van der Waals surface area contributed by atoms with Crippen molar-refractivity contribution in [2.75, 3.05) is 31.6 Å². The predicted molar refractivity (Wildman–Crippen MR) is 80.5 cm³/mol. The second-order valence-corrected chi connectivity index (χ2v) is 5.83. The largest absolute Gasteiger partial charge is 0.351 e. The van der Waals surface area contributed by atoms with E-state index < -0.39 is 0 Å². The van der Waals surface area contributed by atoms with Gasteiger partial charge in [-0.05, 0) is 20.0 Å². The van der Waals surface area contributed by atoms with Crippen molar-refractivity contribution in [1.29, 1.82) is 0 Å². The molecule has 1 saturated heterocycles. The number of pyridine rings is 1. The quantitative estimate of drug-likeness (QED) is 0.895. The highest BCUT2D eigenvalue weighted by atomic mass is 15.3. The summed E-state index contributed by atoms with van der Waals surface area (Å²) < 4.78 is 0. The summed E-state index contributed by atoms with van der Waals surface area (Å²) in [5.41, 5.74) is 1.30. The van der Waals surface area contributed by atoms with Crippen LogP contribution in [0.3, 0.4) is 0 Å². The summed E-state index contributed by atoms with van der Waals surface area (Å²) in [5.74, 6) is 1.15. The van der Waals surface area contributed by atoms with Gasteiger partial charge in [-0.15, -0.1) is 0 Å². The van der Waals surface area contributed by atoms with E-state index in [1.165, 1.54) is 5.56 Å². The van der Waals surface area contributed by atoms with Crippen molar-refractivity contribution in [1.82, 2.24) is 15.2 Å². The molecule has 0 spiro atoms. The van der Waals surface area contributed by atoms with Gasteiger partial charge in [-0.25, -0.2) is 4.98 Å². The number of hydrogen-bond acceptors (Lipinski definition) is 4. The van der Waals surface area contributed by atoms with E-state index in [1.54, 1.807) is 0 Å². The molecule has 1 unspecified atom stereocenters. The van der Waals surface area contributed by atoms with E-state index in [0.717, 1.165) is 32.0 Å². The van der Waals surface area contributed by atoms with E-state index in [1.807, 2.05) is 12.3 Å². The average molecular weight is 262 g/mol. The molecule has 2 rings (SSSR count). The molecular weight excluding hydrogens is 236 g/mol. The first-order valence-corrected chi connectivity index (χ1v) is 7.20. The first kappa shape index (κ1) is 14.3. The van der Waals surface area contributed by atoms with Gasteiger partial charge in [0.1, 0.15) is 5.82 Å². The van der Waals surface area contributed by atoms with Crippen LogP contribution < -0.4 is 10.2 Å². The SMILES string of the molecule is CC(C)NCc1cccnc1N1CCN(C)CC1C. The molecule has 1 fully saturated rings. The molecule has 2 heterocycles. The molecule has 1 aromatic rings. The van der Waals surface area contributed by atoms with Gasteiger partial charge in [0.25, 0.3) is 0 Å². The van der Waals surface area contributed by atoms with Gasteiger partial charge in [0, 0.05) is 50.0 Å². The van der Waals surface area contributed by atoms with Crippen LogP contribution in [-0.4, -0.2) is 48.6 Å². The number of anilines is 1. The van der Waals surface area contributed by atoms with Crippen LogP contribution in [0.5, 0.6) is 0 Å². The Bertz CT molecular complexity index is 405. The maximum absolute atomic E-state index is 4.62. The molecule has 0 aliphatic carbocycles. The number of hydrogen-bond donors (Lipinski definition) is 1.